The highest BCUT2D eigenvalue weighted by molar-refractivity contribution is 8.07. The van der Waals surface area contributed by atoms with Crippen LogP contribution in [0.5, 0.6) is 5.75 Å². The maximum absolute atomic E-state index is 12.4. The minimum atomic E-state index is -2.72. The van der Waals surface area contributed by atoms with Gasteiger partial charge in [0, 0.05) is 26.0 Å². The second kappa shape index (κ2) is 7.25. The van der Waals surface area contributed by atoms with Crippen LogP contribution >= 0.6 is 6.72 Å². The molecular formula is C13H21O4PS2. The average molecular weight is 336 g/mol. The fourth-order valence-electron chi connectivity index (χ4n) is 1.35. The van der Waals surface area contributed by atoms with Crippen LogP contribution in [-0.4, -0.2) is 23.5 Å². The highest BCUT2D eigenvalue weighted by Crippen LogP contribution is 2.48. The van der Waals surface area contributed by atoms with Gasteiger partial charge in [0.05, 0.1) is 0 Å². The fraction of sp³-hybridized carbons (Fsp3) is 0.538. The van der Waals surface area contributed by atoms with E-state index in [1.807, 2.05) is 20.8 Å². The molecule has 0 heterocycles. The summed E-state index contributed by atoms with van der Waals surface area (Å²) in [6, 6.07) is 7.04. The van der Waals surface area contributed by atoms with Crippen molar-refractivity contribution >= 4 is 29.7 Å². The van der Waals surface area contributed by atoms with E-state index < -0.39 is 17.9 Å². The van der Waals surface area contributed by atoms with E-state index in [0.717, 1.165) is 11.3 Å². The second-order valence-corrected chi connectivity index (χ2v) is 10.0. The first-order chi connectivity index (χ1) is 9.28. The molecule has 0 saturated carbocycles. The minimum absolute atomic E-state index is 0.254. The molecular weight excluding hydrogens is 315 g/mol. The number of benzene rings is 1. The zero-order chi connectivity index (χ0) is 15.4. The molecule has 20 heavy (non-hydrogen) atoms. The summed E-state index contributed by atoms with van der Waals surface area (Å²) in [5, 5.41) is 0. The Morgan fingerprint density at radius 1 is 1.20 bits per heavy atom. The van der Waals surface area contributed by atoms with Crippen molar-refractivity contribution in [3.63, 3.8) is 0 Å². The van der Waals surface area contributed by atoms with Crippen LogP contribution in [0.15, 0.2) is 29.2 Å². The maximum atomic E-state index is 12.4. The van der Waals surface area contributed by atoms with Gasteiger partial charge in [0.15, 0.2) is 4.90 Å². The van der Waals surface area contributed by atoms with Crippen LogP contribution in [0.4, 0.5) is 0 Å². The number of rotatable bonds is 7. The molecule has 0 fully saturated rings. The Morgan fingerprint density at radius 2 is 1.70 bits per heavy atom. The fourth-order valence-corrected chi connectivity index (χ4v) is 3.57. The molecule has 1 rings (SSSR count). The van der Waals surface area contributed by atoms with Crippen LogP contribution < -0.4 is 4.52 Å². The van der Waals surface area contributed by atoms with E-state index >= 15 is 0 Å². The van der Waals surface area contributed by atoms with Gasteiger partial charge in [-0.15, -0.1) is 0 Å². The summed E-state index contributed by atoms with van der Waals surface area (Å²) in [5.74, 6) is 0.548. The van der Waals surface area contributed by atoms with Gasteiger partial charge in [0.25, 0.3) is 0 Å². The first kappa shape index (κ1) is 18.0. The van der Waals surface area contributed by atoms with Crippen molar-refractivity contribution in [2.45, 2.75) is 36.8 Å². The minimum Gasteiger partial charge on any atom is -0.611 e. The second-order valence-electron chi connectivity index (χ2n) is 4.76. The quantitative estimate of drug-likeness (QED) is 0.559. The Labute approximate surface area is 129 Å². The molecule has 0 aliphatic rings. The molecule has 1 atom stereocenters. The SMILES string of the molecule is CCC(C)(C)[S+]([O-])c1ccc(OP(=S)(OC)OC)cc1. The molecule has 0 N–H and O–H groups in total. The Balaban J connectivity index is 2.87. The Hall–Kier alpha value is -0.100. The van der Waals surface area contributed by atoms with E-state index in [1.54, 1.807) is 24.3 Å². The van der Waals surface area contributed by atoms with Crippen molar-refractivity contribution < 1.29 is 18.1 Å². The topological polar surface area (TPSA) is 50.8 Å². The van der Waals surface area contributed by atoms with Gasteiger partial charge in [0.1, 0.15) is 10.5 Å². The summed E-state index contributed by atoms with van der Waals surface area (Å²) in [5.41, 5.74) is 0. The van der Waals surface area contributed by atoms with E-state index in [4.69, 9.17) is 25.4 Å². The smallest absolute Gasteiger partial charge is 0.380 e. The molecule has 0 radical (unpaired) electrons. The molecule has 0 aliphatic heterocycles. The number of hydrogen-bond donors (Lipinski definition) is 0. The van der Waals surface area contributed by atoms with Crippen LogP contribution in [-0.2, 0) is 32.0 Å². The van der Waals surface area contributed by atoms with Crippen molar-refractivity contribution in [3.05, 3.63) is 24.3 Å². The normalized spacial score (nSPS) is 14.1. The first-order valence-electron chi connectivity index (χ1n) is 6.21. The lowest BCUT2D eigenvalue weighted by Gasteiger charge is -2.27. The van der Waals surface area contributed by atoms with Crippen molar-refractivity contribution in [2.75, 3.05) is 14.2 Å². The molecule has 7 heteroatoms. The summed E-state index contributed by atoms with van der Waals surface area (Å²) in [6.45, 7) is 3.29. The first-order valence-corrected chi connectivity index (χ1v) is 9.91. The van der Waals surface area contributed by atoms with Crippen molar-refractivity contribution in [1.82, 2.24) is 0 Å². The van der Waals surface area contributed by atoms with Gasteiger partial charge >= 0.3 is 6.72 Å². The molecule has 1 aromatic carbocycles. The van der Waals surface area contributed by atoms with Crippen molar-refractivity contribution in [1.29, 1.82) is 0 Å². The monoisotopic (exact) mass is 336 g/mol. The molecule has 0 aliphatic carbocycles. The van der Waals surface area contributed by atoms with Crippen molar-refractivity contribution in [3.8, 4) is 5.75 Å². The molecule has 0 aromatic heterocycles. The lowest BCUT2D eigenvalue weighted by Crippen LogP contribution is -2.30. The molecule has 1 unspecified atom stereocenters. The van der Waals surface area contributed by atoms with Gasteiger partial charge in [0.2, 0.25) is 0 Å². The zero-order valence-electron chi connectivity index (χ0n) is 12.4. The van der Waals surface area contributed by atoms with Gasteiger partial charge < -0.3 is 18.1 Å². The predicted molar refractivity (Wildman–Crippen MR) is 86.2 cm³/mol. The van der Waals surface area contributed by atoms with Gasteiger partial charge in [-0.25, -0.2) is 0 Å². The van der Waals surface area contributed by atoms with Crippen LogP contribution in [0, 0.1) is 0 Å². The highest BCUT2D eigenvalue weighted by atomic mass is 32.5. The summed E-state index contributed by atoms with van der Waals surface area (Å²) in [6.07, 6.45) is 0.839. The van der Waals surface area contributed by atoms with Gasteiger partial charge in [-0.05, 0) is 55.7 Å². The summed E-state index contributed by atoms with van der Waals surface area (Å²) in [7, 11) is 2.91. The molecule has 0 saturated heterocycles. The third kappa shape index (κ3) is 4.45. The lowest BCUT2D eigenvalue weighted by atomic mass is 10.1. The standard InChI is InChI=1S/C13H21O4PS2/c1-6-13(2,3)20(14)12-9-7-11(8-10-12)17-18(19,15-4)16-5/h7-10H,6H2,1-5H3. The Kier molecular flexibility index (Phi) is 6.51. The Bertz CT molecular complexity index is 468. The summed E-state index contributed by atoms with van der Waals surface area (Å²) in [4.78, 5) is 0.771. The molecule has 0 bridgehead atoms. The zero-order valence-corrected chi connectivity index (χ0v) is 14.9. The molecule has 0 amide bonds. The van der Waals surface area contributed by atoms with Gasteiger partial charge in [-0.2, -0.15) is 0 Å². The van der Waals surface area contributed by atoms with Crippen LogP contribution in [0.25, 0.3) is 0 Å². The van der Waals surface area contributed by atoms with Crippen molar-refractivity contribution in [2.24, 2.45) is 0 Å². The van der Waals surface area contributed by atoms with Crippen LogP contribution in [0.1, 0.15) is 27.2 Å². The predicted octanol–water partition coefficient (Wildman–Crippen LogP) is 3.88. The molecule has 114 valence electrons. The van der Waals surface area contributed by atoms with E-state index in [9.17, 15) is 4.55 Å². The Morgan fingerprint density at radius 3 is 2.10 bits per heavy atom. The van der Waals surface area contributed by atoms with E-state index in [-0.39, 0.29) is 4.75 Å². The molecule has 4 nitrogen and oxygen atoms in total. The lowest BCUT2D eigenvalue weighted by molar-refractivity contribution is 0.273. The largest absolute Gasteiger partial charge is 0.611 e. The van der Waals surface area contributed by atoms with Gasteiger partial charge in [-0.3, -0.25) is 0 Å². The summed E-state index contributed by atoms with van der Waals surface area (Å²) < 4.78 is 27.8. The number of hydrogen-bond acceptors (Lipinski definition) is 5. The third-order valence-corrected chi connectivity index (χ3v) is 7.50. The van der Waals surface area contributed by atoms with Crippen LogP contribution in [0.2, 0.25) is 0 Å². The molecule has 0 spiro atoms. The van der Waals surface area contributed by atoms with E-state index in [0.29, 0.717) is 5.75 Å². The third-order valence-electron chi connectivity index (χ3n) is 3.06. The van der Waals surface area contributed by atoms with E-state index in [1.165, 1.54) is 14.2 Å². The van der Waals surface area contributed by atoms with E-state index in [2.05, 4.69) is 0 Å². The average Bonchev–Trinajstić information content (AvgIpc) is 2.47. The van der Waals surface area contributed by atoms with Crippen LogP contribution in [0.3, 0.4) is 0 Å². The maximum Gasteiger partial charge on any atom is 0.380 e. The molecule has 1 aromatic rings. The highest BCUT2D eigenvalue weighted by Gasteiger charge is 2.31. The van der Waals surface area contributed by atoms with Gasteiger partial charge in [-0.1, -0.05) is 6.92 Å². The summed E-state index contributed by atoms with van der Waals surface area (Å²) >= 11 is 4.07.